The Kier molecular flexibility index (Phi) is 10.1. The number of hydrogen-bond acceptors (Lipinski definition) is 5. The zero-order chi connectivity index (χ0) is 29.4. The van der Waals surface area contributed by atoms with Crippen LogP contribution in [-0.4, -0.2) is 59.3 Å². The third-order valence-electron chi connectivity index (χ3n) is 7.40. The van der Waals surface area contributed by atoms with Crippen LogP contribution in [0.3, 0.4) is 0 Å². The van der Waals surface area contributed by atoms with E-state index < -0.39 is 24.2 Å². The molecule has 0 saturated carbocycles. The summed E-state index contributed by atoms with van der Waals surface area (Å²) in [7, 11) is 0. The van der Waals surface area contributed by atoms with Gasteiger partial charge < -0.3 is 24.8 Å². The summed E-state index contributed by atoms with van der Waals surface area (Å²) in [6.45, 7) is 6.09. The van der Waals surface area contributed by atoms with Gasteiger partial charge in [-0.3, -0.25) is 9.59 Å². The fourth-order valence-electron chi connectivity index (χ4n) is 5.25. The van der Waals surface area contributed by atoms with Crippen LogP contribution in [0.5, 0.6) is 0 Å². The van der Waals surface area contributed by atoms with Gasteiger partial charge in [0, 0.05) is 24.9 Å². The van der Waals surface area contributed by atoms with Crippen LogP contribution in [0.1, 0.15) is 56.2 Å². The molecule has 3 aromatic carbocycles. The van der Waals surface area contributed by atoms with Crippen LogP contribution in [-0.2, 0) is 25.7 Å². The van der Waals surface area contributed by atoms with Gasteiger partial charge >= 0.3 is 12.1 Å². The van der Waals surface area contributed by atoms with E-state index in [4.69, 9.17) is 14.6 Å². The molecule has 2 N–H and O–H groups in total. The predicted molar refractivity (Wildman–Crippen MR) is 156 cm³/mol. The molecule has 216 valence electrons. The summed E-state index contributed by atoms with van der Waals surface area (Å²) >= 11 is 0. The molecule has 0 unspecified atom stereocenters. The average Bonchev–Trinajstić information content (AvgIpc) is 3.29. The van der Waals surface area contributed by atoms with Gasteiger partial charge in [-0.1, -0.05) is 78.9 Å². The highest BCUT2D eigenvalue weighted by Gasteiger charge is 2.34. The van der Waals surface area contributed by atoms with E-state index in [1.165, 1.54) is 0 Å². The minimum Gasteiger partial charge on any atom is -0.481 e. The smallest absolute Gasteiger partial charge is 0.407 e. The first-order valence-electron chi connectivity index (χ1n) is 14.1. The molecule has 2 atom stereocenters. The lowest BCUT2D eigenvalue weighted by atomic mass is 9.98. The average molecular weight is 559 g/mol. The standard InChI is InChI=1S/C33H38N2O6/c1-22(2)35(19-11-18-30(36)37)32(38)31(23(3)40-20-24-12-5-4-6-13-24)34-33(39)41-21-29-27-16-9-7-14-25(27)26-15-8-10-17-28(26)29/h4-10,12-17,22-23,29,31H,11,18-21H2,1-3H3,(H,34,39)(H,36,37)/t23-,31+/m0/s1. The summed E-state index contributed by atoms with van der Waals surface area (Å²) in [5.41, 5.74) is 5.38. The van der Waals surface area contributed by atoms with E-state index in [1.807, 2.05) is 80.6 Å². The zero-order valence-electron chi connectivity index (χ0n) is 23.8. The first-order chi connectivity index (χ1) is 19.8. The number of carboxylic acids is 1. The number of nitrogens with zero attached hydrogens (tertiary/aromatic N) is 1. The second-order valence-electron chi connectivity index (χ2n) is 10.6. The third kappa shape index (κ3) is 7.52. The topological polar surface area (TPSA) is 105 Å². The van der Waals surface area contributed by atoms with E-state index in [0.29, 0.717) is 6.42 Å². The van der Waals surface area contributed by atoms with E-state index >= 15 is 0 Å². The van der Waals surface area contributed by atoms with E-state index in [-0.39, 0.29) is 44.0 Å². The summed E-state index contributed by atoms with van der Waals surface area (Å²) in [4.78, 5) is 39.6. The van der Waals surface area contributed by atoms with Gasteiger partial charge in [0.15, 0.2) is 0 Å². The molecule has 8 heteroatoms. The molecule has 41 heavy (non-hydrogen) atoms. The number of amides is 2. The summed E-state index contributed by atoms with van der Waals surface area (Å²) in [5.74, 6) is -1.38. The van der Waals surface area contributed by atoms with Crippen molar-refractivity contribution in [2.24, 2.45) is 0 Å². The maximum absolute atomic E-state index is 13.8. The number of alkyl carbamates (subject to hydrolysis) is 1. The molecule has 8 nitrogen and oxygen atoms in total. The molecule has 0 heterocycles. The molecule has 0 fully saturated rings. The Morgan fingerprint density at radius 3 is 2.05 bits per heavy atom. The van der Waals surface area contributed by atoms with Crippen molar-refractivity contribution in [3.63, 3.8) is 0 Å². The van der Waals surface area contributed by atoms with Gasteiger partial charge in [0.25, 0.3) is 0 Å². The fourth-order valence-corrected chi connectivity index (χ4v) is 5.25. The molecule has 0 saturated heterocycles. The molecule has 0 aliphatic heterocycles. The lowest BCUT2D eigenvalue weighted by Gasteiger charge is -2.33. The molecule has 3 aromatic rings. The SMILES string of the molecule is CC(C)N(CCCC(=O)O)C(=O)[C@H](NC(=O)OCC1c2ccccc2-c2ccccc21)[C@H](C)OCc1ccccc1. The highest BCUT2D eigenvalue weighted by atomic mass is 16.5. The van der Waals surface area contributed by atoms with E-state index in [1.54, 1.807) is 11.8 Å². The van der Waals surface area contributed by atoms with Crippen LogP contribution >= 0.6 is 0 Å². The number of ether oxygens (including phenoxy) is 2. The van der Waals surface area contributed by atoms with Gasteiger partial charge in [-0.15, -0.1) is 0 Å². The third-order valence-corrected chi connectivity index (χ3v) is 7.40. The molecule has 2 amide bonds. The monoisotopic (exact) mass is 558 g/mol. The van der Waals surface area contributed by atoms with Crippen molar-refractivity contribution in [3.05, 3.63) is 95.6 Å². The Hall–Kier alpha value is -4.17. The summed E-state index contributed by atoms with van der Waals surface area (Å²) < 4.78 is 11.8. The zero-order valence-corrected chi connectivity index (χ0v) is 23.8. The van der Waals surface area contributed by atoms with E-state index in [9.17, 15) is 14.4 Å². The molecule has 1 aliphatic carbocycles. The van der Waals surface area contributed by atoms with Crippen LogP contribution < -0.4 is 5.32 Å². The van der Waals surface area contributed by atoms with E-state index in [2.05, 4.69) is 17.4 Å². The summed E-state index contributed by atoms with van der Waals surface area (Å²) in [6, 6.07) is 24.5. The number of carboxylic acid groups (broad SMARTS) is 1. The molecule has 0 aromatic heterocycles. The minimum atomic E-state index is -1.03. The van der Waals surface area contributed by atoms with Gasteiger partial charge in [0.2, 0.25) is 5.91 Å². The largest absolute Gasteiger partial charge is 0.481 e. The number of carbonyl (C=O) groups excluding carboxylic acids is 2. The van der Waals surface area contributed by atoms with Crippen LogP contribution in [0.25, 0.3) is 11.1 Å². The number of hydrogen-bond donors (Lipinski definition) is 2. The van der Waals surface area contributed by atoms with Crippen molar-refractivity contribution in [3.8, 4) is 11.1 Å². The van der Waals surface area contributed by atoms with Gasteiger partial charge in [-0.2, -0.15) is 0 Å². The van der Waals surface area contributed by atoms with Crippen molar-refractivity contribution in [2.45, 2.75) is 64.3 Å². The van der Waals surface area contributed by atoms with Gasteiger partial charge in [-0.05, 0) is 55.0 Å². The number of aliphatic carboxylic acids is 1. The lowest BCUT2D eigenvalue weighted by molar-refractivity contribution is -0.141. The number of carbonyl (C=O) groups is 3. The van der Waals surface area contributed by atoms with Crippen LogP contribution in [0.2, 0.25) is 0 Å². The van der Waals surface area contributed by atoms with Gasteiger partial charge in [-0.25, -0.2) is 4.79 Å². The van der Waals surface area contributed by atoms with Crippen LogP contribution in [0, 0.1) is 0 Å². The van der Waals surface area contributed by atoms with Crippen molar-refractivity contribution >= 4 is 18.0 Å². The van der Waals surface area contributed by atoms with Crippen LogP contribution in [0.15, 0.2) is 78.9 Å². The number of nitrogens with one attached hydrogen (secondary N) is 1. The van der Waals surface area contributed by atoms with Crippen molar-refractivity contribution in [1.82, 2.24) is 10.2 Å². The van der Waals surface area contributed by atoms with Gasteiger partial charge in [0.05, 0.1) is 12.7 Å². The molecule has 0 bridgehead atoms. The second-order valence-corrected chi connectivity index (χ2v) is 10.6. The first-order valence-corrected chi connectivity index (χ1v) is 14.1. The van der Waals surface area contributed by atoms with Crippen molar-refractivity contribution in [2.75, 3.05) is 13.2 Å². The minimum absolute atomic E-state index is 0.0545. The second kappa shape index (κ2) is 13.9. The Bertz CT molecular complexity index is 1300. The molecular weight excluding hydrogens is 520 g/mol. The fraction of sp³-hybridized carbons (Fsp3) is 0.364. The maximum atomic E-state index is 13.8. The molecule has 4 rings (SSSR count). The summed E-state index contributed by atoms with van der Waals surface area (Å²) in [6.07, 6.45) is -1.14. The number of fused-ring (bicyclic) bond motifs is 3. The van der Waals surface area contributed by atoms with Crippen LogP contribution in [0.4, 0.5) is 4.79 Å². The molecule has 0 spiro atoms. The highest BCUT2D eigenvalue weighted by Crippen LogP contribution is 2.44. The predicted octanol–water partition coefficient (Wildman–Crippen LogP) is 5.60. The van der Waals surface area contributed by atoms with Crippen molar-refractivity contribution < 1.29 is 29.0 Å². The summed E-state index contributed by atoms with van der Waals surface area (Å²) in [5, 5.41) is 11.8. The Labute approximate surface area is 241 Å². The molecule has 1 aliphatic rings. The number of rotatable bonds is 13. The Morgan fingerprint density at radius 1 is 0.878 bits per heavy atom. The van der Waals surface area contributed by atoms with Gasteiger partial charge in [0.1, 0.15) is 12.6 Å². The normalized spacial score (nSPS) is 13.7. The number of benzene rings is 3. The molecule has 0 radical (unpaired) electrons. The van der Waals surface area contributed by atoms with E-state index in [0.717, 1.165) is 27.8 Å². The molecular formula is C33H38N2O6. The Morgan fingerprint density at radius 2 is 1.46 bits per heavy atom. The maximum Gasteiger partial charge on any atom is 0.407 e. The Balaban J connectivity index is 1.47. The quantitative estimate of drug-likeness (QED) is 0.283. The highest BCUT2D eigenvalue weighted by molar-refractivity contribution is 5.86. The lowest BCUT2D eigenvalue weighted by Crippen LogP contribution is -2.56. The first kappa shape index (κ1) is 29.8. The van der Waals surface area contributed by atoms with Crippen molar-refractivity contribution in [1.29, 1.82) is 0 Å².